The molecule has 1 amide bonds. The Balaban J connectivity index is 2.20. The van der Waals surface area contributed by atoms with E-state index in [-0.39, 0.29) is 5.91 Å². The predicted molar refractivity (Wildman–Crippen MR) is 76.5 cm³/mol. The van der Waals surface area contributed by atoms with E-state index < -0.39 is 6.04 Å². The predicted octanol–water partition coefficient (Wildman–Crippen LogP) is 3.16. The smallest absolute Gasteiger partial charge is 0.239 e. The number of carbonyl (C=O) groups is 1. The molecule has 0 heterocycles. The number of primary amides is 1. The molecule has 3 nitrogen and oxygen atoms in total. The number of benzene rings is 1. The van der Waals surface area contributed by atoms with Crippen LogP contribution in [0.15, 0.2) is 22.7 Å². The van der Waals surface area contributed by atoms with Gasteiger partial charge in [0.1, 0.15) is 6.04 Å². The van der Waals surface area contributed by atoms with Crippen LogP contribution in [0.2, 0.25) is 5.02 Å². The molecular weight excluding hydrogens is 316 g/mol. The van der Waals surface area contributed by atoms with Crippen LogP contribution in [0.4, 0.5) is 0 Å². The Labute approximate surface area is 120 Å². The molecular formula is C13H16BrClN2O. The summed E-state index contributed by atoms with van der Waals surface area (Å²) in [6, 6.07) is 5.31. The summed E-state index contributed by atoms with van der Waals surface area (Å²) in [6.45, 7) is 0. The number of carbonyl (C=O) groups excluding carboxylic acids is 1. The van der Waals surface area contributed by atoms with E-state index in [9.17, 15) is 4.79 Å². The van der Waals surface area contributed by atoms with Crippen molar-refractivity contribution in [2.75, 3.05) is 0 Å². The topological polar surface area (TPSA) is 55.1 Å². The number of nitrogens with two attached hydrogens (primary N) is 1. The maximum absolute atomic E-state index is 11.6. The number of rotatable bonds is 4. The lowest BCUT2D eigenvalue weighted by atomic mass is 10.0. The molecule has 1 atom stereocenters. The summed E-state index contributed by atoms with van der Waals surface area (Å²) in [4.78, 5) is 11.6. The van der Waals surface area contributed by atoms with Crippen LogP contribution in [0.25, 0.3) is 0 Å². The Kier molecular flexibility index (Phi) is 4.65. The van der Waals surface area contributed by atoms with Crippen LogP contribution < -0.4 is 11.1 Å². The van der Waals surface area contributed by atoms with E-state index in [1.807, 2.05) is 6.07 Å². The van der Waals surface area contributed by atoms with Gasteiger partial charge in [0.25, 0.3) is 0 Å². The molecule has 1 aromatic carbocycles. The summed E-state index contributed by atoms with van der Waals surface area (Å²) >= 11 is 9.34. The molecule has 0 radical (unpaired) electrons. The molecule has 0 aromatic heterocycles. The summed E-state index contributed by atoms with van der Waals surface area (Å²) in [5.74, 6) is -0.357. The lowest BCUT2D eigenvalue weighted by molar-refractivity contribution is -0.120. The standard InChI is InChI=1S/C13H16BrClN2O/c14-11-7-8(15)5-6-10(11)12(13(16)18)17-9-3-1-2-4-9/h5-7,9,12,17H,1-4H2,(H2,16,18). The summed E-state index contributed by atoms with van der Waals surface area (Å²) in [7, 11) is 0. The Hall–Kier alpha value is -0.580. The first-order valence-electron chi connectivity index (χ1n) is 6.08. The fourth-order valence-corrected chi connectivity index (χ4v) is 3.30. The van der Waals surface area contributed by atoms with Gasteiger partial charge in [-0.2, -0.15) is 0 Å². The molecule has 1 aliphatic carbocycles. The van der Waals surface area contributed by atoms with Crippen molar-refractivity contribution in [2.45, 2.75) is 37.8 Å². The first-order chi connectivity index (χ1) is 8.58. The lowest BCUT2D eigenvalue weighted by Gasteiger charge is -2.21. The maximum Gasteiger partial charge on any atom is 0.239 e. The molecule has 1 aliphatic rings. The highest BCUT2D eigenvalue weighted by Crippen LogP contribution is 2.28. The monoisotopic (exact) mass is 330 g/mol. The van der Waals surface area contributed by atoms with E-state index in [0.29, 0.717) is 11.1 Å². The average molecular weight is 332 g/mol. The van der Waals surface area contributed by atoms with Crippen LogP contribution in [0.3, 0.4) is 0 Å². The summed E-state index contributed by atoms with van der Waals surface area (Å²) in [5.41, 5.74) is 6.34. The van der Waals surface area contributed by atoms with Gasteiger partial charge in [-0.05, 0) is 30.5 Å². The van der Waals surface area contributed by atoms with Gasteiger partial charge in [-0.3, -0.25) is 10.1 Å². The van der Waals surface area contributed by atoms with Crippen LogP contribution in [-0.4, -0.2) is 11.9 Å². The second-order valence-electron chi connectivity index (χ2n) is 4.65. The van der Waals surface area contributed by atoms with Gasteiger partial charge in [0.05, 0.1) is 0 Å². The molecule has 0 aliphatic heterocycles. The van der Waals surface area contributed by atoms with Crippen molar-refractivity contribution in [3.05, 3.63) is 33.3 Å². The first kappa shape index (κ1) is 13.8. The van der Waals surface area contributed by atoms with E-state index in [1.165, 1.54) is 12.8 Å². The van der Waals surface area contributed by atoms with Crippen LogP contribution in [0.5, 0.6) is 0 Å². The van der Waals surface area contributed by atoms with Gasteiger partial charge in [0.2, 0.25) is 5.91 Å². The van der Waals surface area contributed by atoms with Gasteiger partial charge in [0, 0.05) is 15.5 Å². The normalized spacial score (nSPS) is 17.9. The molecule has 3 N–H and O–H groups in total. The highest BCUT2D eigenvalue weighted by molar-refractivity contribution is 9.10. The van der Waals surface area contributed by atoms with Crippen molar-refractivity contribution in [1.29, 1.82) is 0 Å². The Morgan fingerprint density at radius 3 is 2.67 bits per heavy atom. The Morgan fingerprint density at radius 1 is 1.44 bits per heavy atom. The molecule has 98 valence electrons. The molecule has 0 bridgehead atoms. The number of hydrogen-bond donors (Lipinski definition) is 2. The second-order valence-corrected chi connectivity index (χ2v) is 5.94. The maximum atomic E-state index is 11.6. The van der Waals surface area contributed by atoms with Crippen molar-refractivity contribution >= 4 is 33.4 Å². The highest BCUT2D eigenvalue weighted by atomic mass is 79.9. The number of amides is 1. The third-order valence-corrected chi connectivity index (χ3v) is 4.24. The van der Waals surface area contributed by atoms with Crippen LogP contribution in [-0.2, 0) is 4.79 Å². The van der Waals surface area contributed by atoms with E-state index >= 15 is 0 Å². The molecule has 1 fully saturated rings. The third-order valence-electron chi connectivity index (χ3n) is 3.32. The number of hydrogen-bond acceptors (Lipinski definition) is 2. The van der Waals surface area contributed by atoms with Crippen molar-refractivity contribution < 1.29 is 4.79 Å². The van der Waals surface area contributed by atoms with Crippen molar-refractivity contribution in [3.63, 3.8) is 0 Å². The Bertz CT molecular complexity index is 447. The van der Waals surface area contributed by atoms with E-state index in [0.717, 1.165) is 22.9 Å². The van der Waals surface area contributed by atoms with Gasteiger partial charge in [-0.25, -0.2) is 0 Å². The minimum absolute atomic E-state index is 0.357. The van der Waals surface area contributed by atoms with Gasteiger partial charge < -0.3 is 5.73 Å². The van der Waals surface area contributed by atoms with Gasteiger partial charge in [-0.1, -0.05) is 46.4 Å². The Morgan fingerprint density at radius 2 is 2.11 bits per heavy atom. The fourth-order valence-electron chi connectivity index (χ4n) is 2.39. The largest absolute Gasteiger partial charge is 0.368 e. The minimum Gasteiger partial charge on any atom is -0.368 e. The number of nitrogens with one attached hydrogen (secondary N) is 1. The molecule has 0 saturated heterocycles. The zero-order valence-corrected chi connectivity index (χ0v) is 12.3. The van der Waals surface area contributed by atoms with Crippen LogP contribution in [0, 0.1) is 0 Å². The fraction of sp³-hybridized carbons (Fsp3) is 0.462. The second kappa shape index (κ2) is 6.04. The summed E-state index contributed by atoms with van der Waals surface area (Å²) in [5, 5.41) is 3.98. The SMILES string of the molecule is NC(=O)C(NC1CCCC1)c1ccc(Cl)cc1Br. The van der Waals surface area contributed by atoms with Gasteiger partial charge >= 0.3 is 0 Å². The average Bonchev–Trinajstić information content (AvgIpc) is 2.79. The van der Waals surface area contributed by atoms with Crippen LogP contribution >= 0.6 is 27.5 Å². The third kappa shape index (κ3) is 3.25. The van der Waals surface area contributed by atoms with Gasteiger partial charge in [-0.15, -0.1) is 0 Å². The van der Waals surface area contributed by atoms with E-state index in [1.54, 1.807) is 12.1 Å². The quantitative estimate of drug-likeness (QED) is 0.890. The molecule has 2 rings (SSSR count). The molecule has 5 heteroatoms. The van der Waals surface area contributed by atoms with E-state index in [2.05, 4.69) is 21.2 Å². The molecule has 18 heavy (non-hydrogen) atoms. The zero-order valence-electron chi connectivity index (χ0n) is 9.96. The molecule has 0 spiro atoms. The highest BCUT2D eigenvalue weighted by Gasteiger charge is 2.25. The first-order valence-corrected chi connectivity index (χ1v) is 7.25. The van der Waals surface area contributed by atoms with Crippen molar-refractivity contribution in [1.82, 2.24) is 5.32 Å². The summed E-state index contributed by atoms with van der Waals surface area (Å²) < 4.78 is 0.810. The lowest BCUT2D eigenvalue weighted by Crippen LogP contribution is -2.39. The van der Waals surface area contributed by atoms with Gasteiger partial charge in [0.15, 0.2) is 0 Å². The molecule has 1 saturated carbocycles. The minimum atomic E-state index is -0.459. The molecule has 1 unspecified atom stereocenters. The zero-order chi connectivity index (χ0) is 13.1. The van der Waals surface area contributed by atoms with Crippen molar-refractivity contribution in [3.8, 4) is 0 Å². The number of halogens is 2. The molecule has 1 aromatic rings. The summed E-state index contributed by atoms with van der Waals surface area (Å²) in [6.07, 6.45) is 4.64. The van der Waals surface area contributed by atoms with E-state index in [4.69, 9.17) is 17.3 Å². The van der Waals surface area contributed by atoms with Crippen LogP contribution in [0.1, 0.15) is 37.3 Å². The van der Waals surface area contributed by atoms with Crippen molar-refractivity contribution in [2.24, 2.45) is 5.73 Å².